The Hall–Kier alpha value is -1.26. The predicted molar refractivity (Wildman–Crippen MR) is 72.3 cm³/mol. The highest BCUT2D eigenvalue weighted by Gasteiger charge is 2.15. The molecule has 1 aromatic rings. The van der Waals surface area contributed by atoms with Gasteiger partial charge in [-0.15, -0.1) is 0 Å². The van der Waals surface area contributed by atoms with Crippen molar-refractivity contribution in [3.63, 3.8) is 0 Å². The minimum atomic E-state index is -0.347. The average Bonchev–Trinajstić information content (AvgIpc) is 2.41. The zero-order valence-corrected chi connectivity index (χ0v) is 11.1. The van der Waals surface area contributed by atoms with E-state index in [2.05, 4.69) is 10.6 Å². The summed E-state index contributed by atoms with van der Waals surface area (Å²) >= 11 is 6.13. The van der Waals surface area contributed by atoms with Crippen molar-refractivity contribution >= 4 is 23.3 Å². The fourth-order valence-electron chi connectivity index (χ4n) is 2.07. The van der Waals surface area contributed by atoms with Crippen LogP contribution in [0.25, 0.3) is 0 Å². The van der Waals surface area contributed by atoms with E-state index in [1.165, 1.54) is 7.11 Å². The lowest BCUT2D eigenvalue weighted by atomic mass is 10.1. The first kappa shape index (κ1) is 13.2. The molecule has 0 spiro atoms. The molecule has 2 rings (SSSR count). The molecule has 0 amide bonds. The molecule has 1 heterocycles. The summed E-state index contributed by atoms with van der Waals surface area (Å²) in [7, 11) is 1.37. The lowest BCUT2D eigenvalue weighted by molar-refractivity contribution is 0.0601. The monoisotopic (exact) mass is 268 g/mol. The molecule has 4 nitrogen and oxygen atoms in total. The largest absolute Gasteiger partial charge is 0.465 e. The third kappa shape index (κ3) is 3.15. The Bertz CT molecular complexity index is 431. The van der Waals surface area contributed by atoms with E-state index < -0.39 is 0 Å². The summed E-state index contributed by atoms with van der Waals surface area (Å²) in [6, 6.07) is 5.53. The molecule has 5 heteroatoms. The maximum Gasteiger partial charge on any atom is 0.337 e. The normalized spacial score (nSPS) is 16.3. The van der Waals surface area contributed by atoms with Crippen LogP contribution in [0.3, 0.4) is 0 Å². The van der Waals surface area contributed by atoms with Crippen LogP contribution in [0, 0.1) is 0 Å². The number of methoxy groups -OCH3 is 1. The van der Waals surface area contributed by atoms with Gasteiger partial charge in [-0.1, -0.05) is 11.6 Å². The molecule has 0 bridgehead atoms. The van der Waals surface area contributed by atoms with Gasteiger partial charge in [-0.25, -0.2) is 4.79 Å². The number of hydrogen-bond donors (Lipinski definition) is 2. The molecule has 0 radical (unpaired) electrons. The van der Waals surface area contributed by atoms with Gasteiger partial charge in [-0.3, -0.25) is 0 Å². The van der Waals surface area contributed by atoms with E-state index >= 15 is 0 Å². The van der Waals surface area contributed by atoms with Gasteiger partial charge in [-0.05, 0) is 44.1 Å². The molecule has 0 unspecified atom stereocenters. The van der Waals surface area contributed by atoms with Crippen molar-refractivity contribution in [1.29, 1.82) is 0 Å². The lowest BCUT2D eigenvalue weighted by Gasteiger charge is -2.25. The predicted octanol–water partition coefficient (Wildman–Crippen LogP) is 2.29. The molecule has 0 aliphatic carbocycles. The summed E-state index contributed by atoms with van der Waals surface area (Å²) in [4.78, 5) is 11.5. The Morgan fingerprint density at radius 2 is 2.17 bits per heavy atom. The summed E-state index contributed by atoms with van der Waals surface area (Å²) < 4.78 is 4.70. The summed E-state index contributed by atoms with van der Waals surface area (Å²) in [5, 5.41) is 7.32. The molecule has 98 valence electrons. The average molecular weight is 269 g/mol. The fourth-order valence-corrected chi connectivity index (χ4v) is 2.24. The smallest absolute Gasteiger partial charge is 0.337 e. The Labute approximate surface area is 112 Å². The van der Waals surface area contributed by atoms with E-state index in [4.69, 9.17) is 16.3 Å². The van der Waals surface area contributed by atoms with Gasteiger partial charge in [-0.2, -0.15) is 0 Å². The van der Waals surface area contributed by atoms with Crippen molar-refractivity contribution in [3.05, 3.63) is 28.8 Å². The third-order valence-electron chi connectivity index (χ3n) is 3.09. The molecule has 2 N–H and O–H groups in total. The Kier molecular flexibility index (Phi) is 4.44. The second-order valence-electron chi connectivity index (χ2n) is 4.35. The van der Waals surface area contributed by atoms with Crippen LogP contribution in [0.2, 0.25) is 5.02 Å². The number of carbonyl (C=O) groups is 1. The van der Waals surface area contributed by atoms with Crippen molar-refractivity contribution in [2.24, 2.45) is 0 Å². The van der Waals surface area contributed by atoms with Crippen LogP contribution in [0.4, 0.5) is 5.69 Å². The van der Waals surface area contributed by atoms with Crippen LogP contribution < -0.4 is 10.6 Å². The topological polar surface area (TPSA) is 50.4 Å². The van der Waals surface area contributed by atoms with Crippen molar-refractivity contribution in [1.82, 2.24) is 5.32 Å². The van der Waals surface area contributed by atoms with Gasteiger partial charge in [0.25, 0.3) is 0 Å². The van der Waals surface area contributed by atoms with E-state index in [0.29, 0.717) is 16.6 Å². The van der Waals surface area contributed by atoms with Crippen LogP contribution in [0.5, 0.6) is 0 Å². The maximum atomic E-state index is 11.5. The Morgan fingerprint density at radius 1 is 1.44 bits per heavy atom. The van der Waals surface area contributed by atoms with Crippen molar-refractivity contribution < 1.29 is 9.53 Å². The maximum absolute atomic E-state index is 11.5. The number of esters is 1. The second-order valence-corrected chi connectivity index (χ2v) is 4.76. The number of piperidine rings is 1. The Morgan fingerprint density at radius 3 is 2.83 bits per heavy atom. The molecule has 0 atom stereocenters. The number of rotatable bonds is 3. The van der Waals surface area contributed by atoms with Crippen molar-refractivity contribution in [2.75, 3.05) is 25.5 Å². The zero-order chi connectivity index (χ0) is 13.0. The number of halogens is 1. The zero-order valence-electron chi connectivity index (χ0n) is 10.3. The minimum Gasteiger partial charge on any atom is -0.465 e. The number of hydrogen-bond acceptors (Lipinski definition) is 4. The van der Waals surface area contributed by atoms with Gasteiger partial charge in [0.1, 0.15) is 0 Å². The van der Waals surface area contributed by atoms with Gasteiger partial charge in [0, 0.05) is 6.04 Å². The van der Waals surface area contributed by atoms with E-state index in [1.807, 2.05) is 0 Å². The van der Waals surface area contributed by atoms with Crippen LogP contribution in [0.15, 0.2) is 18.2 Å². The summed E-state index contributed by atoms with van der Waals surface area (Å²) in [5.74, 6) is -0.347. The van der Waals surface area contributed by atoms with Crippen molar-refractivity contribution in [2.45, 2.75) is 18.9 Å². The Balaban J connectivity index is 2.12. The van der Waals surface area contributed by atoms with Gasteiger partial charge < -0.3 is 15.4 Å². The van der Waals surface area contributed by atoms with Crippen LogP contribution in [-0.2, 0) is 4.74 Å². The van der Waals surface area contributed by atoms with Crippen LogP contribution in [-0.4, -0.2) is 32.2 Å². The van der Waals surface area contributed by atoms with Crippen LogP contribution in [0.1, 0.15) is 23.2 Å². The number of benzene rings is 1. The van der Waals surface area contributed by atoms with Crippen molar-refractivity contribution in [3.8, 4) is 0 Å². The highest BCUT2D eigenvalue weighted by Crippen LogP contribution is 2.25. The molecule has 1 aliphatic heterocycles. The van der Waals surface area contributed by atoms with E-state index in [1.54, 1.807) is 18.2 Å². The van der Waals surface area contributed by atoms with Gasteiger partial charge >= 0.3 is 5.97 Å². The molecule has 1 fully saturated rings. The van der Waals surface area contributed by atoms with E-state index in [9.17, 15) is 4.79 Å². The first-order valence-electron chi connectivity index (χ1n) is 6.06. The SMILES string of the molecule is COC(=O)c1ccc(Cl)c(NC2CCNCC2)c1. The van der Waals surface area contributed by atoms with Gasteiger partial charge in [0.05, 0.1) is 23.4 Å². The summed E-state index contributed by atoms with van der Waals surface area (Å²) in [6.45, 7) is 2.01. The molecular formula is C13H17ClN2O2. The number of nitrogens with one attached hydrogen (secondary N) is 2. The summed E-state index contributed by atoms with van der Waals surface area (Å²) in [6.07, 6.45) is 2.11. The molecular weight excluding hydrogens is 252 g/mol. The number of anilines is 1. The van der Waals surface area contributed by atoms with Gasteiger partial charge in [0.2, 0.25) is 0 Å². The minimum absolute atomic E-state index is 0.347. The molecule has 1 aliphatic rings. The highest BCUT2D eigenvalue weighted by molar-refractivity contribution is 6.33. The lowest BCUT2D eigenvalue weighted by Crippen LogP contribution is -2.35. The molecule has 18 heavy (non-hydrogen) atoms. The van der Waals surface area contributed by atoms with E-state index in [0.717, 1.165) is 31.6 Å². The van der Waals surface area contributed by atoms with Crippen LogP contribution >= 0.6 is 11.6 Å². The third-order valence-corrected chi connectivity index (χ3v) is 3.42. The first-order chi connectivity index (χ1) is 8.70. The highest BCUT2D eigenvalue weighted by atomic mass is 35.5. The fraction of sp³-hybridized carbons (Fsp3) is 0.462. The first-order valence-corrected chi connectivity index (χ1v) is 6.43. The standard InChI is InChI=1S/C13H17ClN2O2/c1-18-13(17)9-2-3-11(14)12(8-9)16-10-4-6-15-7-5-10/h2-3,8,10,15-16H,4-7H2,1H3. The van der Waals surface area contributed by atoms with Gasteiger partial charge in [0.15, 0.2) is 0 Å². The number of ether oxygens (including phenoxy) is 1. The number of carbonyl (C=O) groups excluding carboxylic acids is 1. The molecule has 1 aromatic carbocycles. The summed E-state index contributed by atoms with van der Waals surface area (Å²) in [5.41, 5.74) is 1.31. The molecule has 0 saturated carbocycles. The molecule has 1 saturated heterocycles. The second kappa shape index (κ2) is 6.07. The quantitative estimate of drug-likeness (QED) is 0.826. The molecule has 0 aromatic heterocycles. The van der Waals surface area contributed by atoms with E-state index in [-0.39, 0.29) is 5.97 Å².